The molecule has 1 heterocycles. The molecule has 0 saturated carbocycles. The lowest BCUT2D eigenvalue weighted by Crippen LogP contribution is -2.37. The molecule has 0 spiro atoms. The Morgan fingerprint density at radius 3 is 2.82 bits per heavy atom. The lowest BCUT2D eigenvalue weighted by atomic mass is 10.3. The number of ether oxygens (including phenoxy) is 1. The first kappa shape index (κ1) is 16.9. The smallest absolute Gasteiger partial charge is 0.409 e. The van der Waals surface area contributed by atoms with E-state index in [4.69, 9.17) is 27.9 Å². The fourth-order valence-electron chi connectivity index (χ4n) is 2.02. The second-order valence-electron chi connectivity index (χ2n) is 5.02. The number of hydrogen-bond donors (Lipinski definition) is 1. The van der Waals surface area contributed by atoms with Crippen LogP contribution in [-0.2, 0) is 9.53 Å². The van der Waals surface area contributed by atoms with E-state index in [-0.39, 0.29) is 18.5 Å². The zero-order valence-electron chi connectivity index (χ0n) is 12.1. The molecule has 8 heteroatoms. The molecule has 2 rings (SSSR count). The van der Waals surface area contributed by atoms with Gasteiger partial charge in [0.15, 0.2) is 0 Å². The molecule has 1 aromatic carbocycles. The van der Waals surface area contributed by atoms with Crippen molar-refractivity contribution in [1.82, 2.24) is 9.80 Å². The summed E-state index contributed by atoms with van der Waals surface area (Å²) < 4.78 is 4.84. The third kappa shape index (κ3) is 4.76. The van der Waals surface area contributed by atoms with Gasteiger partial charge in [-0.1, -0.05) is 23.2 Å². The molecular formula is C14H17Cl2N3O3. The van der Waals surface area contributed by atoms with Gasteiger partial charge in [0.2, 0.25) is 5.91 Å². The number of halogens is 2. The molecular weight excluding hydrogens is 329 g/mol. The Hall–Kier alpha value is -1.50. The largest absolute Gasteiger partial charge is 0.448 e. The SMILES string of the molecule is CN(CCN1CCOC1=O)CC(=O)Nc1ccc(Cl)c(Cl)c1. The Morgan fingerprint density at radius 1 is 1.41 bits per heavy atom. The normalized spacial score (nSPS) is 14.4. The fraction of sp³-hybridized carbons (Fsp3) is 0.429. The Balaban J connectivity index is 1.76. The lowest BCUT2D eigenvalue weighted by molar-refractivity contribution is -0.117. The van der Waals surface area contributed by atoms with Crippen LogP contribution in [0.5, 0.6) is 0 Å². The molecule has 1 aromatic rings. The molecule has 1 saturated heterocycles. The van der Waals surface area contributed by atoms with Crippen molar-refractivity contribution < 1.29 is 14.3 Å². The monoisotopic (exact) mass is 345 g/mol. The average Bonchev–Trinajstić information content (AvgIpc) is 2.86. The highest BCUT2D eigenvalue weighted by Gasteiger charge is 2.21. The zero-order chi connectivity index (χ0) is 16.1. The molecule has 1 N–H and O–H groups in total. The third-order valence-corrected chi connectivity index (χ3v) is 3.95. The van der Waals surface area contributed by atoms with Gasteiger partial charge in [-0.05, 0) is 25.2 Å². The average molecular weight is 346 g/mol. The van der Waals surface area contributed by atoms with E-state index in [1.807, 2.05) is 11.9 Å². The van der Waals surface area contributed by atoms with Crippen LogP contribution in [0.1, 0.15) is 0 Å². The van der Waals surface area contributed by atoms with Gasteiger partial charge in [0.1, 0.15) is 6.61 Å². The number of likely N-dealkylation sites (N-methyl/N-ethyl adjacent to an activating group) is 1. The number of cyclic esters (lactones) is 1. The molecule has 22 heavy (non-hydrogen) atoms. The summed E-state index contributed by atoms with van der Waals surface area (Å²) in [6, 6.07) is 4.91. The topological polar surface area (TPSA) is 61.9 Å². The van der Waals surface area contributed by atoms with Crippen LogP contribution in [0.3, 0.4) is 0 Å². The quantitative estimate of drug-likeness (QED) is 0.859. The van der Waals surface area contributed by atoms with E-state index in [0.29, 0.717) is 42.0 Å². The minimum absolute atomic E-state index is 0.162. The van der Waals surface area contributed by atoms with E-state index in [0.717, 1.165) is 0 Å². The molecule has 1 fully saturated rings. The maximum atomic E-state index is 11.9. The van der Waals surface area contributed by atoms with Gasteiger partial charge in [-0.3, -0.25) is 9.69 Å². The summed E-state index contributed by atoms with van der Waals surface area (Å²) in [6.07, 6.45) is -0.298. The molecule has 0 atom stereocenters. The van der Waals surface area contributed by atoms with Gasteiger partial charge in [-0.25, -0.2) is 4.79 Å². The number of carbonyl (C=O) groups excluding carboxylic acids is 2. The number of benzene rings is 1. The van der Waals surface area contributed by atoms with E-state index in [2.05, 4.69) is 5.32 Å². The van der Waals surface area contributed by atoms with Crippen molar-refractivity contribution >= 4 is 40.9 Å². The van der Waals surface area contributed by atoms with Gasteiger partial charge in [0.25, 0.3) is 0 Å². The van der Waals surface area contributed by atoms with Crippen molar-refractivity contribution in [3.63, 3.8) is 0 Å². The Bertz CT molecular complexity index is 568. The molecule has 0 bridgehead atoms. The number of hydrogen-bond acceptors (Lipinski definition) is 4. The van der Waals surface area contributed by atoms with Crippen LogP contribution >= 0.6 is 23.2 Å². The number of nitrogens with one attached hydrogen (secondary N) is 1. The number of carbonyl (C=O) groups is 2. The summed E-state index contributed by atoms with van der Waals surface area (Å²) in [5.41, 5.74) is 0.593. The van der Waals surface area contributed by atoms with Gasteiger partial charge in [0, 0.05) is 18.8 Å². The summed E-state index contributed by atoms with van der Waals surface area (Å²) in [7, 11) is 1.82. The molecule has 0 aliphatic carbocycles. The Labute approximate surface area is 138 Å². The van der Waals surface area contributed by atoms with Crippen LogP contribution < -0.4 is 5.32 Å². The van der Waals surface area contributed by atoms with Crippen molar-refractivity contribution in [2.75, 3.05) is 45.2 Å². The third-order valence-electron chi connectivity index (χ3n) is 3.21. The number of amides is 2. The van der Waals surface area contributed by atoms with Crippen LogP contribution in [0.15, 0.2) is 18.2 Å². The van der Waals surface area contributed by atoms with Crippen molar-refractivity contribution in [3.8, 4) is 0 Å². The first-order valence-corrected chi connectivity index (χ1v) is 7.56. The van der Waals surface area contributed by atoms with Crippen LogP contribution in [0.4, 0.5) is 10.5 Å². The molecule has 0 radical (unpaired) electrons. The number of anilines is 1. The summed E-state index contributed by atoms with van der Waals surface area (Å²) >= 11 is 11.7. The van der Waals surface area contributed by atoms with E-state index in [1.54, 1.807) is 23.1 Å². The van der Waals surface area contributed by atoms with Crippen molar-refractivity contribution in [3.05, 3.63) is 28.2 Å². The number of nitrogens with zero attached hydrogens (tertiary/aromatic N) is 2. The standard InChI is InChI=1S/C14H17Cl2N3O3/c1-18(4-5-19-6-7-22-14(19)21)9-13(20)17-10-2-3-11(15)12(16)8-10/h2-3,8H,4-7,9H2,1H3,(H,17,20). The zero-order valence-corrected chi connectivity index (χ0v) is 13.7. The van der Waals surface area contributed by atoms with Gasteiger partial charge in [-0.15, -0.1) is 0 Å². The summed E-state index contributed by atoms with van der Waals surface area (Å²) in [5.74, 6) is -0.162. The van der Waals surface area contributed by atoms with Crippen molar-refractivity contribution in [2.24, 2.45) is 0 Å². The first-order chi connectivity index (χ1) is 10.5. The minimum Gasteiger partial charge on any atom is -0.448 e. The summed E-state index contributed by atoms with van der Waals surface area (Å²) in [6.45, 7) is 2.37. The molecule has 0 unspecified atom stereocenters. The van der Waals surface area contributed by atoms with Gasteiger partial charge < -0.3 is 15.0 Å². The molecule has 1 aliphatic heterocycles. The molecule has 0 aromatic heterocycles. The number of rotatable bonds is 6. The van der Waals surface area contributed by atoms with E-state index >= 15 is 0 Å². The molecule has 6 nitrogen and oxygen atoms in total. The second kappa shape index (κ2) is 7.67. The Morgan fingerprint density at radius 2 is 2.18 bits per heavy atom. The summed E-state index contributed by atoms with van der Waals surface area (Å²) in [5, 5.41) is 3.58. The maximum Gasteiger partial charge on any atom is 0.409 e. The predicted molar refractivity (Wildman–Crippen MR) is 85.5 cm³/mol. The predicted octanol–water partition coefficient (Wildman–Crippen LogP) is 2.32. The second-order valence-corrected chi connectivity index (χ2v) is 5.83. The maximum absolute atomic E-state index is 11.9. The molecule has 2 amide bonds. The van der Waals surface area contributed by atoms with Crippen LogP contribution in [0.2, 0.25) is 10.0 Å². The lowest BCUT2D eigenvalue weighted by Gasteiger charge is -2.19. The van der Waals surface area contributed by atoms with Crippen LogP contribution in [0, 0.1) is 0 Å². The Kier molecular flexibility index (Phi) is 5.88. The van der Waals surface area contributed by atoms with Gasteiger partial charge in [-0.2, -0.15) is 0 Å². The van der Waals surface area contributed by atoms with Crippen molar-refractivity contribution in [2.45, 2.75) is 0 Å². The molecule has 120 valence electrons. The van der Waals surface area contributed by atoms with Crippen LogP contribution in [-0.4, -0.2) is 61.6 Å². The van der Waals surface area contributed by atoms with Crippen LogP contribution in [0.25, 0.3) is 0 Å². The first-order valence-electron chi connectivity index (χ1n) is 6.81. The van der Waals surface area contributed by atoms with E-state index in [9.17, 15) is 9.59 Å². The van der Waals surface area contributed by atoms with E-state index < -0.39 is 0 Å². The summed E-state index contributed by atoms with van der Waals surface area (Å²) in [4.78, 5) is 26.7. The van der Waals surface area contributed by atoms with Crippen molar-refractivity contribution in [1.29, 1.82) is 0 Å². The van der Waals surface area contributed by atoms with E-state index in [1.165, 1.54) is 0 Å². The minimum atomic E-state index is -0.298. The fourth-order valence-corrected chi connectivity index (χ4v) is 2.32. The highest BCUT2D eigenvalue weighted by molar-refractivity contribution is 6.42. The highest BCUT2D eigenvalue weighted by Crippen LogP contribution is 2.24. The molecule has 1 aliphatic rings. The van der Waals surface area contributed by atoms with Gasteiger partial charge >= 0.3 is 6.09 Å². The van der Waals surface area contributed by atoms with Gasteiger partial charge in [0.05, 0.1) is 23.1 Å². The highest BCUT2D eigenvalue weighted by atomic mass is 35.5.